The fourth-order valence-electron chi connectivity index (χ4n) is 1.69. The lowest BCUT2D eigenvalue weighted by atomic mass is 10.0. The largest absolute Gasteiger partial charge is 0.493 e. The molecule has 0 fully saturated rings. The molecule has 3 N–H and O–H groups in total. The molecule has 0 aliphatic rings. The van der Waals surface area contributed by atoms with Gasteiger partial charge in [0.1, 0.15) is 5.75 Å². The van der Waals surface area contributed by atoms with Gasteiger partial charge in [0.2, 0.25) is 0 Å². The summed E-state index contributed by atoms with van der Waals surface area (Å²) in [7, 11) is 0. The zero-order valence-electron chi connectivity index (χ0n) is 10.7. The number of hydrogen-bond donors (Lipinski definition) is 2. The van der Waals surface area contributed by atoms with E-state index < -0.39 is 0 Å². The molecule has 0 radical (unpaired) electrons. The monoisotopic (exact) mass is 234 g/mol. The second-order valence-corrected chi connectivity index (χ2v) is 4.52. The van der Waals surface area contributed by atoms with Crippen molar-refractivity contribution in [2.45, 2.75) is 39.0 Å². The van der Waals surface area contributed by atoms with Gasteiger partial charge >= 0.3 is 0 Å². The Morgan fingerprint density at radius 1 is 1.29 bits per heavy atom. The zero-order chi connectivity index (χ0) is 12.7. The highest BCUT2D eigenvalue weighted by Crippen LogP contribution is 2.25. The Labute approximate surface area is 103 Å². The van der Waals surface area contributed by atoms with Crippen LogP contribution in [-0.4, -0.2) is 12.4 Å². The van der Waals surface area contributed by atoms with Gasteiger partial charge in [0.15, 0.2) is 0 Å². The summed E-state index contributed by atoms with van der Waals surface area (Å²) >= 11 is 0. The van der Waals surface area contributed by atoms with Crippen LogP contribution in [0.25, 0.3) is 0 Å². The molecule has 3 heteroatoms. The summed E-state index contributed by atoms with van der Waals surface area (Å²) in [6.07, 6.45) is 2.51. The molecule has 0 spiro atoms. The average molecular weight is 234 g/mol. The van der Waals surface area contributed by atoms with Crippen LogP contribution < -0.4 is 10.5 Å². The Balaban J connectivity index is 2.38. The number of nitrogens with two attached hydrogens (primary N) is 1. The maximum atomic E-state index is 7.12. The molecular weight excluding hydrogens is 212 g/mol. The van der Waals surface area contributed by atoms with Gasteiger partial charge in [-0.1, -0.05) is 32.0 Å². The molecule has 0 heterocycles. The van der Waals surface area contributed by atoms with Crippen LogP contribution in [0.3, 0.4) is 0 Å². The molecule has 0 saturated carbocycles. The first-order valence-corrected chi connectivity index (χ1v) is 6.16. The zero-order valence-corrected chi connectivity index (χ0v) is 10.7. The van der Waals surface area contributed by atoms with Gasteiger partial charge < -0.3 is 10.5 Å². The summed E-state index contributed by atoms with van der Waals surface area (Å²) in [4.78, 5) is 0. The van der Waals surface area contributed by atoms with Gasteiger partial charge in [0, 0.05) is 6.42 Å². The van der Waals surface area contributed by atoms with Crippen LogP contribution in [0.4, 0.5) is 0 Å². The molecule has 0 atom stereocenters. The second-order valence-electron chi connectivity index (χ2n) is 4.52. The fourth-order valence-corrected chi connectivity index (χ4v) is 1.69. The number of nitrogens with one attached hydrogen (secondary N) is 1. The predicted octanol–water partition coefficient (Wildman–Crippen LogP) is 3.30. The van der Waals surface area contributed by atoms with Crippen molar-refractivity contribution in [3.63, 3.8) is 0 Å². The molecule has 0 unspecified atom stereocenters. The average Bonchev–Trinajstić information content (AvgIpc) is 2.28. The van der Waals surface area contributed by atoms with E-state index in [0.717, 1.165) is 18.6 Å². The lowest BCUT2D eigenvalue weighted by Gasteiger charge is -2.13. The first kappa shape index (κ1) is 13.6. The van der Waals surface area contributed by atoms with Crippen LogP contribution in [0.2, 0.25) is 0 Å². The Morgan fingerprint density at radius 3 is 2.65 bits per heavy atom. The lowest BCUT2D eigenvalue weighted by molar-refractivity contribution is 0.304. The predicted molar refractivity (Wildman–Crippen MR) is 71.8 cm³/mol. The van der Waals surface area contributed by atoms with E-state index in [2.05, 4.69) is 19.9 Å². The number of rotatable bonds is 7. The number of hydrogen-bond acceptors (Lipinski definition) is 2. The lowest BCUT2D eigenvalue weighted by Crippen LogP contribution is -2.09. The Hall–Kier alpha value is -1.51. The Bertz CT molecular complexity index is 361. The SMILES string of the molecule is CC(C)c1ccccc1OCCCCC(=N)N. The molecule has 0 aromatic heterocycles. The Kier molecular flexibility index (Phi) is 5.53. The molecule has 0 saturated heterocycles. The maximum absolute atomic E-state index is 7.12. The molecule has 0 aliphatic heterocycles. The molecule has 0 aliphatic carbocycles. The third-order valence-electron chi connectivity index (χ3n) is 2.64. The summed E-state index contributed by atoms with van der Waals surface area (Å²) in [5.41, 5.74) is 6.54. The molecule has 17 heavy (non-hydrogen) atoms. The van der Waals surface area contributed by atoms with Crippen LogP contribution in [-0.2, 0) is 0 Å². The number of amidine groups is 1. The molecule has 3 nitrogen and oxygen atoms in total. The number of benzene rings is 1. The first-order valence-electron chi connectivity index (χ1n) is 6.16. The van der Waals surface area contributed by atoms with E-state index in [-0.39, 0.29) is 5.84 Å². The van der Waals surface area contributed by atoms with E-state index in [4.69, 9.17) is 15.9 Å². The van der Waals surface area contributed by atoms with Crippen molar-refractivity contribution in [1.29, 1.82) is 5.41 Å². The minimum absolute atomic E-state index is 0.257. The molecular formula is C14H22N2O. The normalized spacial score (nSPS) is 10.5. The highest BCUT2D eigenvalue weighted by atomic mass is 16.5. The fraction of sp³-hybridized carbons (Fsp3) is 0.500. The minimum atomic E-state index is 0.257. The van der Waals surface area contributed by atoms with E-state index in [0.29, 0.717) is 18.9 Å². The number of unbranched alkanes of at least 4 members (excludes halogenated alkanes) is 1. The smallest absolute Gasteiger partial charge is 0.122 e. The van der Waals surface area contributed by atoms with Gasteiger partial charge in [0.25, 0.3) is 0 Å². The third kappa shape index (κ3) is 4.89. The van der Waals surface area contributed by atoms with Crippen LogP contribution in [0, 0.1) is 5.41 Å². The van der Waals surface area contributed by atoms with Crippen LogP contribution >= 0.6 is 0 Å². The van der Waals surface area contributed by atoms with Crippen molar-refractivity contribution in [2.75, 3.05) is 6.61 Å². The van der Waals surface area contributed by atoms with Gasteiger partial charge in [-0.25, -0.2) is 0 Å². The van der Waals surface area contributed by atoms with E-state index in [1.807, 2.05) is 18.2 Å². The van der Waals surface area contributed by atoms with Crippen molar-refractivity contribution in [1.82, 2.24) is 0 Å². The number of para-hydroxylation sites is 1. The van der Waals surface area contributed by atoms with E-state index in [1.54, 1.807) is 0 Å². The van der Waals surface area contributed by atoms with Crippen molar-refractivity contribution >= 4 is 5.84 Å². The molecule has 1 aromatic carbocycles. The second kappa shape index (κ2) is 6.94. The Morgan fingerprint density at radius 2 is 2.00 bits per heavy atom. The highest BCUT2D eigenvalue weighted by Gasteiger charge is 2.06. The molecule has 1 rings (SSSR count). The van der Waals surface area contributed by atoms with Crippen molar-refractivity contribution < 1.29 is 4.74 Å². The summed E-state index contributed by atoms with van der Waals surface area (Å²) in [5, 5.41) is 7.12. The third-order valence-corrected chi connectivity index (χ3v) is 2.64. The van der Waals surface area contributed by atoms with Crippen molar-refractivity contribution in [3.05, 3.63) is 29.8 Å². The highest BCUT2D eigenvalue weighted by molar-refractivity contribution is 5.76. The standard InChI is InChI=1S/C14H22N2O/c1-11(2)12-7-3-4-8-13(12)17-10-6-5-9-14(15)16/h3-4,7-8,11H,5-6,9-10H2,1-2H3,(H3,15,16). The topological polar surface area (TPSA) is 59.1 Å². The van der Waals surface area contributed by atoms with E-state index >= 15 is 0 Å². The maximum Gasteiger partial charge on any atom is 0.122 e. The molecule has 0 bridgehead atoms. The van der Waals surface area contributed by atoms with E-state index in [1.165, 1.54) is 5.56 Å². The van der Waals surface area contributed by atoms with E-state index in [9.17, 15) is 0 Å². The van der Waals surface area contributed by atoms with Crippen LogP contribution in [0.5, 0.6) is 5.75 Å². The summed E-state index contributed by atoms with van der Waals surface area (Å²) in [6, 6.07) is 8.16. The van der Waals surface area contributed by atoms with Gasteiger partial charge in [-0.05, 0) is 30.4 Å². The molecule has 1 aromatic rings. The van der Waals surface area contributed by atoms with Crippen LogP contribution in [0.1, 0.15) is 44.6 Å². The summed E-state index contributed by atoms with van der Waals surface area (Å²) in [6.45, 7) is 5.02. The quantitative estimate of drug-likeness (QED) is 0.432. The summed E-state index contributed by atoms with van der Waals surface area (Å²) in [5.74, 6) is 1.71. The van der Waals surface area contributed by atoms with Gasteiger partial charge in [-0.15, -0.1) is 0 Å². The van der Waals surface area contributed by atoms with Crippen molar-refractivity contribution in [3.8, 4) is 5.75 Å². The number of ether oxygens (including phenoxy) is 1. The minimum Gasteiger partial charge on any atom is -0.493 e. The molecule has 0 amide bonds. The van der Waals surface area contributed by atoms with Crippen LogP contribution in [0.15, 0.2) is 24.3 Å². The molecule has 94 valence electrons. The first-order chi connectivity index (χ1) is 8.11. The van der Waals surface area contributed by atoms with Gasteiger partial charge in [-0.2, -0.15) is 0 Å². The van der Waals surface area contributed by atoms with Gasteiger partial charge in [-0.3, -0.25) is 5.41 Å². The summed E-state index contributed by atoms with van der Waals surface area (Å²) < 4.78 is 5.77. The van der Waals surface area contributed by atoms with Crippen molar-refractivity contribution in [2.24, 2.45) is 5.73 Å². The van der Waals surface area contributed by atoms with Gasteiger partial charge in [0.05, 0.1) is 12.4 Å².